The number of rotatable bonds is 10. The predicted octanol–water partition coefficient (Wildman–Crippen LogP) is 1.84. The summed E-state index contributed by atoms with van der Waals surface area (Å²) in [5, 5.41) is 0. The van der Waals surface area contributed by atoms with Crippen molar-refractivity contribution in [1.29, 1.82) is 0 Å². The minimum atomic E-state index is -3.45. The molecular formula is C15H26N2O3S. The second-order valence-electron chi connectivity index (χ2n) is 4.71. The Morgan fingerprint density at radius 3 is 2.52 bits per heavy atom. The van der Waals surface area contributed by atoms with Crippen LogP contribution in [0.4, 0.5) is 0 Å². The first kappa shape index (κ1) is 18.1. The van der Waals surface area contributed by atoms with E-state index in [1.54, 1.807) is 18.2 Å². The van der Waals surface area contributed by atoms with Crippen LogP contribution in [-0.4, -0.2) is 46.1 Å². The first-order chi connectivity index (χ1) is 10.0. The fourth-order valence-corrected chi connectivity index (χ4v) is 3.07. The second kappa shape index (κ2) is 9.15. The third-order valence-electron chi connectivity index (χ3n) is 3.30. The Morgan fingerprint density at radius 2 is 1.90 bits per heavy atom. The lowest BCUT2D eigenvalue weighted by Crippen LogP contribution is -2.34. The van der Waals surface area contributed by atoms with Gasteiger partial charge in [0.1, 0.15) is 0 Å². The molecule has 0 atom stereocenters. The number of nitrogens with zero attached hydrogens (tertiary/aromatic N) is 1. The van der Waals surface area contributed by atoms with Gasteiger partial charge in [-0.15, -0.1) is 0 Å². The van der Waals surface area contributed by atoms with Crippen molar-refractivity contribution in [3.8, 4) is 0 Å². The van der Waals surface area contributed by atoms with Crippen molar-refractivity contribution in [2.24, 2.45) is 0 Å². The third-order valence-corrected chi connectivity index (χ3v) is 4.75. The monoisotopic (exact) mass is 314 g/mol. The van der Waals surface area contributed by atoms with Gasteiger partial charge in [0, 0.05) is 19.7 Å². The first-order valence-corrected chi connectivity index (χ1v) is 8.90. The molecule has 1 aromatic carbocycles. The summed E-state index contributed by atoms with van der Waals surface area (Å²) in [5.41, 5.74) is 0.864. The van der Waals surface area contributed by atoms with Gasteiger partial charge in [-0.05, 0) is 37.7 Å². The van der Waals surface area contributed by atoms with Crippen LogP contribution in [0.15, 0.2) is 29.2 Å². The van der Waals surface area contributed by atoms with Crippen LogP contribution in [0.2, 0.25) is 0 Å². The molecule has 0 spiro atoms. The fraction of sp³-hybridized carbons (Fsp3) is 0.600. The summed E-state index contributed by atoms with van der Waals surface area (Å²) in [6, 6.07) is 6.88. The number of nitrogens with one attached hydrogen (secondary N) is 1. The van der Waals surface area contributed by atoms with Gasteiger partial charge in [-0.1, -0.05) is 26.0 Å². The lowest BCUT2D eigenvalue weighted by atomic mass is 10.2. The summed E-state index contributed by atoms with van der Waals surface area (Å²) < 4.78 is 32.4. The average molecular weight is 314 g/mol. The topological polar surface area (TPSA) is 58.6 Å². The van der Waals surface area contributed by atoms with Crippen molar-refractivity contribution in [3.63, 3.8) is 0 Å². The summed E-state index contributed by atoms with van der Waals surface area (Å²) in [4.78, 5) is 2.47. The Bertz CT molecular complexity index is 513. The molecule has 0 amide bonds. The van der Waals surface area contributed by atoms with E-state index in [-0.39, 0.29) is 0 Å². The number of sulfonamides is 1. The Hall–Kier alpha value is -0.950. The van der Waals surface area contributed by atoms with Crippen molar-refractivity contribution < 1.29 is 13.2 Å². The largest absolute Gasteiger partial charge is 0.377 e. The molecule has 0 aromatic heterocycles. The number of likely N-dealkylation sites (N-methyl/N-ethyl adjacent to an activating group) is 1. The highest BCUT2D eigenvalue weighted by atomic mass is 32.2. The molecule has 1 rings (SSSR count). The number of hydrogen-bond acceptors (Lipinski definition) is 4. The van der Waals surface area contributed by atoms with Crippen LogP contribution < -0.4 is 4.72 Å². The zero-order valence-electron chi connectivity index (χ0n) is 13.1. The third kappa shape index (κ3) is 6.13. The van der Waals surface area contributed by atoms with Crippen LogP contribution in [-0.2, 0) is 21.4 Å². The maximum absolute atomic E-state index is 12.2. The number of ether oxygens (including phenoxy) is 1. The molecule has 1 aromatic rings. The molecule has 0 saturated carbocycles. The predicted molar refractivity (Wildman–Crippen MR) is 84.7 cm³/mol. The van der Waals surface area contributed by atoms with Crippen LogP contribution in [0.3, 0.4) is 0 Å². The van der Waals surface area contributed by atoms with Crippen molar-refractivity contribution in [3.05, 3.63) is 29.8 Å². The fourth-order valence-electron chi connectivity index (χ4n) is 1.98. The minimum Gasteiger partial charge on any atom is -0.377 e. The highest BCUT2D eigenvalue weighted by Crippen LogP contribution is 2.12. The summed E-state index contributed by atoms with van der Waals surface area (Å²) in [6.45, 7) is 10.0. The quantitative estimate of drug-likeness (QED) is 0.716. The van der Waals surface area contributed by atoms with Crippen LogP contribution in [0.1, 0.15) is 26.3 Å². The molecule has 0 radical (unpaired) electrons. The number of benzene rings is 1. The van der Waals surface area contributed by atoms with E-state index in [1.807, 2.05) is 13.0 Å². The van der Waals surface area contributed by atoms with Gasteiger partial charge in [-0.25, -0.2) is 13.1 Å². The standard InChI is InChI=1S/C15H26N2O3S/c1-4-17(5-2)11-10-16-21(18,19)15-9-7-8-14(12-15)13-20-6-3/h7-9,12,16H,4-6,10-11,13H2,1-3H3. The summed E-state index contributed by atoms with van der Waals surface area (Å²) >= 11 is 0. The molecule has 1 N–H and O–H groups in total. The van der Waals surface area contributed by atoms with Gasteiger partial charge >= 0.3 is 0 Å². The zero-order valence-corrected chi connectivity index (χ0v) is 13.9. The molecule has 0 aliphatic rings. The maximum Gasteiger partial charge on any atom is 0.240 e. The molecule has 5 nitrogen and oxygen atoms in total. The lowest BCUT2D eigenvalue weighted by molar-refractivity contribution is 0.134. The molecule has 21 heavy (non-hydrogen) atoms. The van der Waals surface area contributed by atoms with Gasteiger partial charge in [0.25, 0.3) is 0 Å². The van der Waals surface area contributed by atoms with E-state index in [4.69, 9.17) is 4.74 Å². The number of hydrogen-bond donors (Lipinski definition) is 1. The zero-order chi connectivity index (χ0) is 15.7. The van der Waals surface area contributed by atoms with Crippen molar-refractivity contribution in [2.45, 2.75) is 32.3 Å². The lowest BCUT2D eigenvalue weighted by Gasteiger charge is -2.18. The van der Waals surface area contributed by atoms with Crippen LogP contribution in [0, 0.1) is 0 Å². The SMILES string of the molecule is CCOCc1cccc(S(=O)(=O)NCCN(CC)CC)c1. The normalized spacial score (nSPS) is 12.0. The molecule has 0 fully saturated rings. The van der Waals surface area contributed by atoms with Gasteiger partial charge in [0.05, 0.1) is 11.5 Å². The molecule has 0 aliphatic heterocycles. The summed E-state index contributed by atoms with van der Waals surface area (Å²) in [5.74, 6) is 0. The Morgan fingerprint density at radius 1 is 1.19 bits per heavy atom. The Balaban J connectivity index is 2.65. The van der Waals surface area contributed by atoms with E-state index in [9.17, 15) is 8.42 Å². The van der Waals surface area contributed by atoms with Crippen molar-refractivity contribution in [1.82, 2.24) is 9.62 Å². The van der Waals surface area contributed by atoms with Gasteiger partial charge in [-0.2, -0.15) is 0 Å². The average Bonchev–Trinajstić information content (AvgIpc) is 2.50. The van der Waals surface area contributed by atoms with Crippen molar-refractivity contribution >= 4 is 10.0 Å². The molecule has 0 unspecified atom stereocenters. The molecular weight excluding hydrogens is 288 g/mol. The molecule has 0 aliphatic carbocycles. The smallest absolute Gasteiger partial charge is 0.240 e. The maximum atomic E-state index is 12.2. The van der Waals surface area contributed by atoms with E-state index >= 15 is 0 Å². The van der Waals surface area contributed by atoms with E-state index in [2.05, 4.69) is 23.5 Å². The van der Waals surface area contributed by atoms with Crippen LogP contribution in [0.5, 0.6) is 0 Å². The molecule has 0 bridgehead atoms. The molecule has 120 valence electrons. The first-order valence-electron chi connectivity index (χ1n) is 7.42. The Labute approximate surface area is 128 Å². The van der Waals surface area contributed by atoms with Crippen LogP contribution >= 0.6 is 0 Å². The highest BCUT2D eigenvalue weighted by molar-refractivity contribution is 7.89. The minimum absolute atomic E-state index is 0.291. The van der Waals surface area contributed by atoms with Crippen molar-refractivity contribution in [2.75, 3.05) is 32.8 Å². The molecule has 6 heteroatoms. The summed E-state index contributed by atoms with van der Waals surface area (Å²) in [7, 11) is -3.45. The highest BCUT2D eigenvalue weighted by Gasteiger charge is 2.14. The molecule has 0 saturated heterocycles. The van der Waals surface area contributed by atoms with Gasteiger partial charge < -0.3 is 9.64 Å². The second-order valence-corrected chi connectivity index (χ2v) is 6.48. The van der Waals surface area contributed by atoms with Gasteiger partial charge in [0.15, 0.2) is 0 Å². The Kier molecular flexibility index (Phi) is 7.88. The molecule has 0 heterocycles. The summed E-state index contributed by atoms with van der Waals surface area (Å²) in [6.07, 6.45) is 0. The van der Waals surface area contributed by atoms with E-state index < -0.39 is 10.0 Å². The van der Waals surface area contributed by atoms with E-state index in [1.165, 1.54) is 0 Å². The van der Waals surface area contributed by atoms with E-state index in [0.29, 0.717) is 31.2 Å². The van der Waals surface area contributed by atoms with Gasteiger partial charge in [-0.3, -0.25) is 0 Å². The van der Waals surface area contributed by atoms with E-state index in [0.717, 1.165) is 18.7 Å². The van der Waals surface area contributed by atoms with Gasteiger partial charge in [0.2, 0.25) is 10.0 Å². The van der Waals surface area contributed by atoms with Crippen LogP contribution in [0.25, 0.3) is 0 Å².